The molecule has 0 bridgehead atoms. The molecule has 100 valence electrons. The van der Waals surface area contributed by atoms with Crippen LogP contribution in [0.25, 0.3) is 0 Å². The van der Waals surface area contributed by atoms with E-state index in [1.54, 1.807) is 0 Å². The van der Waals surface area contributed by atoms with E-state index in [0.29, 0.717) is 6.61 Å². The fourth-order valence-electron chi connectivity index (χ4n) is 1.70. The molecule has 18 heavy (non-hydrogen) atoms. The normalized spacial score (nSPS) is 12.1. The van der Waals surface area contributed by atoms with Crippen LogP contribution in [-0.4, -0.2) is 13.2 Å². The number of allylic oxidation sites excluding steroid dienone is 1. The van der Waals surface area contributed by atoms with Crippen molar-refractivity contribution in [1.82, 2.24) is 5.32 Å². The molecule has 1 aromatic carbocycles. The Balaban J connectivity index is 2.85. The molecular weight excluding hydrogens is 290 g/mol. The molecule has 0 spiro atoms. The summed E-state index contributed by atoms with van der Waals surface area (Å²) in [7, 11) is 0. The molecule has 0 radical (unpaired) electrons. The first-order valence-corrected chi connectivity index (χ1v) is 7.13. The second-order valence-electron chi connectivity index (χ2n) is 4.55. The molecule has 0 amide bonds. The van der Waals surface area contributed by atoms with Crippen LogP contribution in [0.5, 0.6) is 5.75 Å². The number of halogens is 1. The van der Waals surface area contributed by atoms with E-state index in [-0.39, 0.29) is 6.04 Å². The topological polar surface area (TPSA) is 21.3 Å². The van der Waals surface area contributed by atoms with Gasteiger partial charge < -0.3 is 10.1 Å². The Bertz CT molecular complexity index is 411. The van der Waals surface area contributed by atoms with Crippen molar-refractivity contribution in [2.45, 2.75) is 33.7 Å². The van der Waals surface area contributed by atoms with Crippen LogP contribution < -0.4 is 10.1 Å². The van der Waals surface area contributed by atoms with Gasteiger partial charge in [0.1, 0.15) is 12.4 Å². The highest BCUT2D eigenvalue weighted by Crippen LogP contribution is 2.28. The zero-order valence-electron chi connectivity index (χ0n) is 11.6. The van der Waals surface area contributed by atoms with Crippen molar-refractivity contribution in [3.05, 3.63) is 39.9 Å². The molecule has 0 aliphatic heterocycles. The number of rotatable bonds is 6. The van der Waals surface area contributed by atoms with E-state index in [4.69, 9.17) is 4.74 Å². The van der Waals surface area contributed by atoms with Crippen molar-refractivity contribution < 1.29 is 4.74 Å². The highest BCUT2D eigenvalue weighted by atomic mass is 79.9. The molecule has 0 aliphatic carbocycles. The molecule has 3 heteroatoms. The van der Waals surface area contributed by atoms with Crippen LogP contribution in [0.2, 0.25) is 0 Å². The summed E-state index contributed by atoms with van der Waals surface area (Å²) in [4.78, 5) is 0. The number of hydrogen-bond acceptors (Lipinski definition) is 2. The zero-order chi connectivity index (χ0) is 13.5. The van der Waals surface area contributed by atoms with E-state index in [1.807, 2.05) is 12.1 Å². The minimum absolute atomic E-state index is 0.286. The predicted molar refractivity (Wildman–Crippen MR) is 81.2 cm³/mol. The van der Waals surface area contributed by atoms with Gasteiger partial charge in [-0.3, -0.25) is 0 Å². The van der Waals surface area contributed by atoms with E-state index in [1.165, 1.54) is 11.1 Å². The summed E-state index contributed by atoms with van der Waals surface area (Å²) < 4.78 is 6.91. The molecule has 1 N–H and O–H groups in total. The number of nitrogens with one attached hydrogen (secondary N) is 1. The van der Waals surface area contributed by atoms with Gasteiger partial charge in [0.05, 0.1) is 0 Å². The van der Waals surface area contributed by atoms with Gasteiger partial charge in [-0.15, -0.1) is 0 Å². The molecule has 0 saturated carbocycles. The summed E-state index contributed by atoms with van der Waals surface area (Å²) in [6.45, 7) is 9.98. The van der Waals surface area contributed by atoms with Crippen molar-refractivity contribution in [2.24, 2.45) is 0 Å². The Morgan fingerprint density at radius 1 is 1.44 bits per heavy atom. The molecule has 1 atom stereocenters. The summed E-state index contributed by atoms with van der Waals surface area (Å²) in [5, 5.41) is 3.41. The molecule has 0 saturated heterocycles. The average molecular weight is 312 g/mol. The average Bonchev–Trinajstić information content (AvgIpc) is 2.31. The van der Waals surface area contributed by atoms with Crippen molar-refractivity contribution in [3.63, 3.8) is 0 Å². The van der Waals surface area contributed by atoms with E-state index in [2.05, 4.69) is 61.1 Å². The molecule has 0 heterocycles. The summed E-state index contributed by atoms with van der Waals surface area (Å²) in [6, 6.07) is 6.44. The lowest BCUT2D eigenvalue weighted by atomic mass is 10.1. The first-order valence-electron chi connectivity index (χ1n) is 6.33. The van der Waals surface area contributed by atoms with Crippen molar-refractivity contribution in [3.8, 4) is 5.75 Å². The Kier molecular flexibility index (Phi) is 6.44. The molecule has 0 fully saturated rings. The van der Waals surface area contributed by atoms with Gasteiger partial charge in [0.25, 0.3) is 0 Å². The van der Waals surface area contributed by atoms with Crippen LogP contribution >= 0.6 is 15.9 Å². The maximum atomic E-state index is 5.83. The van der Waals surface area contributed by atoms with Crippen LogP contribution in [0.15, 0.2) is 34.3 Å². The zero-order valence-corrected chi connectivity index (χ0v) is 13.2. The van der Waals surface area contributed by atoms with E-state index >= 15 is 0 Å². The number of hydrogen-bond donors (Lipinski definition) is 1. The summed E-state index contributed by atoms with van der Waals surface area (Å²) >= 11 is 3.51. The fourth-order valence-corrected chi connectivity index (χ4v) is 2.08. The highest BCUT2D eigenvalue weighted by Gasteiger charge is 2.11. The third kappa shape index (κ3) is 4.83. The highest BCUT2D eigenvalue weighted by molar-refractivity contribution is 9.10. The molecule has 0 aliphatic rings. The summed E-state index contributed by atoms with van der Waals surface area (Å²) in [6.07, 6.45) is 2.09. The lowest BCUT2D eigenvalue weighted by Crippen LogP contribution is -2.18. The Labute approximate surface area is 119 Å². The van der Waals surface area contributed by atoms with Gasteiger partial charge >= 0.3 is 0 Å². The summed E-state index contributed by atoms with van der Waals surface area (Å²) in [5.74, 6) is 0.948. The molecule has 1 rings (SSSR count). The van der Waals surface area contributed by atoms with E-state index in [9.17, 15) is 0 Å². The van der Waals surface area contributed by atoms with Crippen LogP contribution in [0.4, 0.5) is 0 Å². The molecular formula is C15H22BrNO. The minimum atomic E-state index is 0.286. The van der Waals surface area contributed by atoms with Gasteiger partial charge in [-0.05, 0) is 51.6 Å². The van der Waals surface area contributed by atoms with Crippen LogP contribution in [0.3, 0.4) is 0 Å². The third-order valence-corrected chi connectivity index (χ3v) is 3.17. The van der Waals surface area contributed by atoms with Gasteiger partial charge in [-0.25, -0.2) is 0 Å². The largest absolute Gasteiger partial charge is 0.489 e. The predicted octanol–water partition coefficient (Wildman–Crippen LogP) is 4.46. The summed E-state index contributed by atoms with van der Waals surface area (Å²) in [5.41, 5.74) is 2.46. The molecule has 1 unspecified atom stereocenters. The first-order chi connectivity index (χ1) is 8.54. The second kappa shape index (κ2) is 7.59. The molecule has 2 nitrogen and oxygen atoms in total. The number of ether oxygens (including phenoxy) is 1. The monoisotopic (exact) mass is 311 g/mol. The number of benzene rings is 1. The van der Waals surface area contributed by atoms with Gasteiger partial charge in [0, 0.05) is 16.1 Å². The fraction of sp³-hybridized carbons (Fsp3) is 0.467. The molecule has 0 aromatic heterocycles. The standard InChI is InChI=1S/C15H22BrNO/c1-5-17-12(4)14-10-13(16)6-7-15(14)18-9-8-11(2)3/h6-8,10,12,17H,5,9H2,1-4H3. The lowest BCUT2D eigenvalue weighted by molar-refractivity contribution is 0.353. The van der Waals surface area contributed by atoms with Gasteiger partial charge in [0.15, 0.2) is 0 Å². The van der Waals surface area contributed by atoms with Crippen molar-refractivity contribution in [1.29, 1.82) is 0 Å². The second-order valence-corrected chi connectivity index (χ2v) is 5.47. The maximum Gasteiger partial charge on any atom is 0.124 e. The van der Waals surface area contributed by atoms with Crippen LogP contribution in [0.1, 0.15) is 39.3 Å². The van der Waals surface area contributed by atoms with Crippen molar-refractivity contribution >= 4 is 15.9 Å². The SMILES string of the molecule is CCNC(C)c1cc(Br)ccc1OCC=C(C)C. The van der Waals surface area contributed by atoms with Crippen molar-refractivity contribution in [2.75, 3.05) is 13.2 Å². The van der Waals surface area contributed by atoms with Crippen LogP contribution in [0, 0.1) is 0 Å². The first kappa shape index (κ1) is 15.3. The Morgan fingerprint density at radius 2 is 2.17 bits per heavy atom. The Hall–Kier alpha value is -0.800. The van der Waals surface area contributed by atoms with Crippen LogP contribution in [-0.2, 0) is 0 Å². The Morgan fingerprint density at radius 3 is 2.78 bits per heavy atom. The minimum Gasteiger partial charge on any atom is -0.489 e. The smallest absolute Gasteiger partial charge is 0.124 e. The van der Waals surface area contributed by atoms with Gasteiger partial charge in [0.2, 0.25) is 0 Å². The maximum absolute atomic E-state index is 5.83. The van der Waals surface area contributed by atoms with E-state index in [0.717, 1.165) is 16.8 Å². The quantitative estimate of drug-likeness (QED) is 0.783. The van der Waals surface area contributed by atoms with Gasteiger partial charge in [-0.2, -0.15) is 0 Å². The third-order valence-electron chi connectivity index (χ3n) is 2.68. The van der Waals surface area contributed by atoms with Gasteiger partial charge in [-0.1, -0.05) is 28.4 Å². The van der Waals surface area contributed by atoms with E-state index < -0.39 is 0 Å². The lowest BCUT2D eigenvalue weighted by Gasteiger charge is -2.17. The molecule has 1 aromatic rings.